The van der Waals surface area contributed by atoms with Gasteiger partial charge < -0.3 is 14.5 Å². The first-order chi connectivity index (χ1) is 15.2. The SMILES string of the molecule is O=C(N1CCOCC1)N1CC2(CN(Cc3ccccc3)CC2c2nc(C3CC3)n[nH]2)C1. The fraction of sp³-hybridized carbons (Fsp3) is 0.609. The molecule has 1 aliphatic carbocycles. The lowest BCUT2D eigenvalue weighted by molar-refractivity contribution is -0.00707. The first-order valence-electron chi connectivity index (χ1n) is 11.5. The fourth-order valence-corrected chi connectivity index (χ4v) is 5.50. The van der Waals surface area contributed by atoms with E-state index in [1.165, 1.54) is 18.4 Å². The van der Waals surface area contributed by atoms with Crippen LogP contribution in [0.3, 0.4) is 0 Å². The van der Waals surface area contributed by atoms with Crippen molar-refractivity contribution in [1.29, 1.82) is 0 Å². The Hall–Kier alpha value is -2.45. The van der Waals surface area contributed by atoms with E-state index in [0.29, 0.717) is 32.2 Å². The Balaban J connectivity index is 1.20. The van der Waals surface area contributed by atoms with Crippen LogP contribution in [0, 0.1) is 5.41 Å². The number of nitrogens with one attached hydrogen (secondary N) is 1. The second kappa shape index (κ2) is 7.60. The number of hydrogen-bond donors (Lipinski definition) is 1. The highest BCUT2D eigenvalue weighted by Gasteiger charge is 2.57. The number of carbonyl (C=O) groups is 1. The summed E-state index contributed by atoms with van der Waals surface area (Å²) in [6, 6.07) is 10.8. The molecule has 1 saturated carbocycles. The lowest BCUT2D eigenvalue weighted by atomic mass is 9.71. The molecule has 8 heteroatoms. The zero-order valence-corrected chi connectivity index (χ0v) is 17.9. The predicted octanol–water partition coefficient (Wildman–Crippen LogP) is 2.04. The van der Waals surface area contributed by atoms with Gasteiger partial charge >= 0.3 is 6.03 Å². The lowest BCUT2D eigenvalue weighted by Crippen LogP contribution is -2.64. The van der Waals surface area contributed by atoms with Gasteiger partial charge in [0.15, 0.2) is 5.82 Å². The number of amides is 2. The molecule has 1 aromatic heterocycles. The van der Waals surface area contributed by atoms with Crippen molar-refractivity contribution in [3.8, 4) is 0 Å². The van der Waals surface area contributed by atoms with Gasteiger partial charge in [0, 0.05) is 63.1 Å². The number of carbonyl (C=O) groups excluding carboxylic acids is 1. The van der Waals surface area contributed by atoms with Gasteiger partial charge in [-0.1, -0.05) is 30.3 Å². The van der Waals surface area contributed by atoms with Gasteiger partial charge in [-0.25, -0.2) is 9.78 Å². The number of urea groups is 1. The third kappa shape index (κ3) is 3.61. The second-order valence-corrected chi connectivity index (χ2v) is 9.66. The molecule has 0 bridgehead atoms. The topological polar surface area (TPSA) is 77.6 Å². The first kappa shape index (κ1) is 19.3. The van der Waals surface area contributed by atoms with Gasteiger partial charge in [0.05, 0.1) is 13.2 Å². The zero-order chi connectivity index (χ0) is 20.8. The maximum Gasteiger partial charge on any atom is 0.320 e. The van der Waals surface area contributed by atoms with E-state index < -0.39 is 0 Å². The van der Waals surface area contributed by atoms with Crippen LogP contribution in [0.15, 0.2) is 30.3 Å². The van der Waals surface area contributed by atoms with E-state index in [4.69, 9.17) is 9.72 Å². The number of nitrogens with zero attached hydrogens (tertiary/aromatic N) is 5. The van der Waals surface area contributed by atoms with Gasteiger partial charge in [-0.15, -0.1) is 0 Å². The number of aromatic amines is 1. The molecule has 4 aliphatic rings. The minimum absolute atomic E-state index is 0.0527. The van der Waals surface area contributed by atoms with Crippen LogP contribution in [0.5, 0.6) is 0 Å². The maximum atomic E-state index is 13.0. The van der Waals surface area contributed by atoms with E-state index in [2.05, 4.69) is 45.4 Å². The van der Waals surface area contributed by atoms with Crippen molar-refractivity contribution in [3.63, 3.8) is 0 Å². The first-order valence-corrected chi connectivity index (χ1v) is 11.5. The standard InChI is InChI=1S/C23H30N6O2/c30-22(28-8-10-31-11-9-28)29-15-23(16-29)14-27(12-17-4-2-1-3-5-17)13-19(23)21-24-20(25-26-21)18-6-7-18/h1-5,18-19H,6-16H2,(H,24,25,26). The third-order valence-corrected chi connectivity index (χ3v) is 7.32. The van der Waals surface area contributed by atoms with Gasteiger partial charge in [-0.05, 0) is 18.4 Å². The molecule has 1 unspecified atom stereocenters. The van der Waals surface area contributed by atoms with E-state index in [0.717, 1.165) is 44.4 Å². The number of ether oxygens (including phenoxy) is 1. The highest BCUT2D eigenvalue weighted by atomic mass is 16.5. The summed E-state index contributed by atoms with van der Waals surface area (Å²) < 4.78 is 5.41. The molecular formula is C23H30N6O2. The molecule has 3 aliphatic heterocycles. The molecule has 1 atom stereocenters. The van der Waals surface area contributed by atoms with Crippen molar-refractivity contribution in [3.05, 3.63) is 47.5 Å². The molecular weight excluding hydrogens is 392 g/mol. The van der Waals surface area contributed by atoms with Crippen LogP contribution < -0.4 is 0 Å². The highest BCUT2D eigenvalue weighted by Crippen LogP contribution is 2.49. The summed E-state index contributed by atoms with van der Waals surface area (Å²) in [5.41, 5.74) is 1.38. The quantitative estimate of drug-likeness (QED) is 0.816. The molecule has 1 aromatic carbocycles. The number of morpholine rings is 1. The number of rotatable bonds is 4. The average Bonchev–Trinajstić information content (AvgIpc) is 3.39. The maximum absolute atomic E-state index is 13.0. The van der Waals surface area contributed by atoms with Crippen molar-refractivity contribution in [2.24, 2.45) is 5.41 Å². The molecule has 1 spiro atoms. The Labute approximate surface area is 182 Å². The summed E-state index contributed by atoms with van der Waals surface area (Å²) in [5, 5.41) is 7.79. The van der Waals surface area contributed by atoms with Gasteiger partial charge in [0.1, 0.15) is 5.82 Å². The minimum Gasteiger partial charge on any atom is -0.378 e. The Kier molecular flexibility index (Phi) is 4.72. The normalized spacial score (nSPS) is 25.7. The molecule has 4 fully saturated rings. The largest absolute Gasteiger partial charge is 0.378 e. The number of aromatic nitrogens is 3. The van der Waals surface area contributed by atoms with E-state index in [-0.39, 0.29) is 17.4 Å². The van der Waals surface area contributed by atoms with Gasteiger partial charge in [0.25, 0.3) is 0 Å². The molecule has 3 saturated heterocycles. The number of H-pyrrole nitrogens is 1. The predicted molar refractivity (Wildman–Crippen MR) is 115 cm³/mol. The van der Waals surface area contributed by atoms with E-state index in [1.54, 1.807) is 0 Å². The molecule has 2 amide bonds. The Bertz CT molecular complexity index is 931. The van der Waals surface area contributed by atoms with Crippen molar-refractivity contribution in [2.75, 3.05) is 52.5 Å². The Morgan fingerprint density at radius 3 is 2.61 bits per heavy atom. The van der Waals surface area contributed by atoms with Crippen LogP contribution in [0.25, 0.3) is 0 Å². The van der Waals surface area contributed by atoms with E-state index in [9.17, 15) is 4.79 Å². The van der Waals surface area contributed by atoms with Crippen LogP contribution in [0.4, 0.5) is 4.79 Å². The van der Waals surface area contributed by atoms with E-state index >= 15 is 0 Å². The van der Waals surface area contributed by atoms with Crippen LogP contribution in [0.1, 0.15) is 41.9 Å². The monoisotopic (exact) mass is 422 g/mol. The van der Waals surface area contributed by atoms with Crippen LogP contribution in [-0.2, 0) is 11.3 Å². The number of benzene rings is 1. The summed E-state index contributed by atoms with van der Waals surface area (Å²) in [7, 11) is 0. The van der Waals surface area contributed by atoms with Crippen LogP contribution in [-0.4, -0.2) is 88.4 Å². The Morgan fingerprint density at radius 1 is 1.10 bits per heavy atom. The number of likely N-dealkylation sites (tertiary alicyclic amines) is 2. The molecule has 4 heterocycles. The van der Waals surface area contributed by atoms with Crippen molar-refractivity contribution >= 4 is 6.03 Å². The Morgan fingerprint density at radius 2 is 1.87 bits per heavy atom. The van der Waals surface area contributed by atoms with E-state index in [1.807, 2.05) is 9.80 Å². The average molecular weight is 423 g/mol. The fourth-order valence-electron chi connectivity index (χ4n) is 5.50. The van der Waals surface area contributed by atoms with Crippen molar-refractivity contribution < 1.29 is 9.53 Å². The van der Waals surface area contributed by atoms with Gasteiger partial charge in [0.2, 0.25) is 0 Å². The van der Waals surface area contributed by atoms with Crippen molar-refractivity contribution in [2.45, 2.75) is 31.2 Å². The molecule has 164 valence electrons. The summed E-state index contributed by atoms with van der Waals surface area (Å²) in [6.45, 7) is 7.11. The van der Waals surface area contributed by atoms with Gasteiger partial charge in [-0.2, -0.15) is 5.10 Å². The smallest absolute Gasteiger partial charge is 0.320 e. The minimum atomic E-state index is 0.0527. The molecule has 8 nitrogen and oxygen atoms in total. The molecule has 0 radical (unpaired) electrons. The third-order valence-electron chi connectivity index (χ3n) is 7.32. The summed E-state index contributed by atoms with van der Waals surface area (Å²) >= 11 is 0. The van der Waals surface area contributed by atoms with Gasteiger partial charge in [-0.3, -0.25) is 10.00 Å². The second-order valence-electron chi connectivity index (χ2n) is 9.66. The number of hydrogen-bond acceptors (Lipinski definition) is 5. The zero-order valence-electron chi connectivity index (χ0n) is 17.9. The lowest BCUT2D eigenvalue weighted by Gasteiger charge is -2.51. The summed E-state index contributed by atoms with van der Waals surface area (Å²) in [4.78, 5) is 24.4. The molecule has 2 aromatic rings. The summed E-state index contributed by atoms with van der Waals surface area (Å²) in [5.74, 6) is 2.82. The van der Waals surface area contributed by atoms with Crippen molar-refractivity contribution in [1.82, 2.24) is 29.9 Å². The highest BCUT2D eigenvalue weighted by molar-refractivity contribution is 5.76. The molecule has 1 N–H and O–H groups in total. The summed E-state index contributed by atoms with van der Waals surface area (Å²) in [6.07, 6.45) is 2.41. The molecule has 31 heavy (non-hydrogen) atoms. The van der Waals surface area contributed by atoms with Crippen LogP contribution >= 0.6 is 0 Å². The molecule has 6 rings (SSSR count). The van der Waals surface area contributed by atoms with Crippen LogP contribution in [0.2, 0.25) is 0 Å².